The maximum Gasteiger partial charge on any atom is 0.243 e. The maximum absolute atomic E-state index is 14.7. The highest BCUT2D eigenvalue weighted by Gasteiger charge is 2.31. The summed E-state index contributed by atoms with van der Waals surface area (Å²) in [4.78, 5) is 28.7. The van der Waals surface area contributed by atoms with Crippen LogP contribution < -0.4 is 9.62 Å². The molecule has 2 atom stereocenters. The van der Waals surface area contributed by atoms with Crippen LogP contribution in [-0.4, -0.2) is 50.0 Å². The molecule has 0 aliphatic carbocycles. The molecule has 1 N–H and O–H groups in total. The van der Waals surface area contributed by atoms with Crippen molar-refractivity contribution in [2.75, 3.05) is 17.1 Å². The predicted molar refractivity (Wildman–Crippen MR) is 157 cm³/mol. The molecule has 0 aliphatic rings. The summed E-state index contributed by atoms with van der Waals surface area (Å²) < 4.78 is 54.2. The van der Waals surface area contributed by atoms with Gasteiger partial charge in [-0.15, -0.1) is 0 Å². The lowest BCUT2D eigenvalue weighted by atomic mass is 10.0. The minimum absolute atomic E-state index is 0.0356. The van der Waals surface area contributed by atoms with Crippen molar-refractivity contribution in [3.8, 4) is 0 Å². The van der Waals surface area contributed by atoms with E-state index < -0.39 is 33.6 Å². The molecule has 2 amide bonds. The number of sulfonamides is 1. The van der Waals surface area contributed by atoms with E-state index in [9.17, 15) is 26.8 Å². The highest BCUT2D eigenvalue weighted by atomic mass is 32.2. The quantitative estimate of drug-likeness (QED) is 0.286. The second kappa shape index (κ2) is 14.7. The Morgan fingerprint density at radius 2 is 1.56 bits per heavy atom. The van der Waals surface area contributed by atoms with Gasteiger partial charge in [0.25, 0.3) is 0 Å². The van der Waals surface area contributed by atoms with Crippen LogP contribution in [0.1, 0.15) is 44.2 Å². The van der Waals surface area contributed by atoms with Gasteiger partial charge in [-0.1, -0.05) is 55.5 Å². The van der Waals surface area contributed by atoms with E-state index in [0.717, 1.165) is 16.1 Å². The number of benzene rings is 3. The molecule has 220 valence electrons. The first kappa shape index (κ1) is 31.7. The van der Waals surface area contributed by atoms with Crippen LogP contribution in [0.5, 0.6) is 0 Å². The van der Waals surface area contributed by atoms with Gasteiger partial charge in [0.05, 0.1) is 11.9 Å². The zero-order valence-corrected chi connectivity index (χ0v) is 24.4. The third-order valence-electron chi connectivity index (χ3n) is 6.84. The summed E-state index contributed by atoms with van der Waals surface area (Å²) in [5.74, 6) is -1.76. The monoisotopic (exact) mass is 585 g/mol. The van der Waals surface area contributed by atoms with Crippen molar-refractivity contribution in [3.63, 3.8) is 0 Å². The molecular weight excluding hydrogens is 548 g/mol. The summed E-state index contributed by atoms with van der Waals surface area (Å²) in [5, 5.41) is 2.96. The molecule has 0 aromatic heterocycles. The number of anilines is 1. The molecule has 0 unspecified atom stereocenters. The highest BCUT2D eigenvalue weighted by molar-refractivity contribution is 7.92. The van der Waals surface area contributed by atoms with Crippen LogP contribution in [0.4, 0.5) is 14.5 Å². The number of hydrogen-bond acceptors (Lipinski definition) is 4. The molecule has 0 bridgehead atoms. The molecule has 41 heavy (non-hydrogen) atoms. The lowest BCUT2D eigenvalue weighted by molar-refractivity contribution is -0.141. The molecule has 0 spiro atoms. The van der Waals surface area contributed by atoms with Crippen molar-refractivity contribution in [3.05, 3.63) is 102 Å². The Balaban J connectivity index is 1.89. The van der Waals surface area contributed by atoms with Crippen LogP contribution >= 0.6 is 0 Å². The third kappa shape index (κ3) is 9.38. The molecule has 3 rings (SSSR count). The first-order valence-electron chi connectivity index (χ1n) is 13.6. The number of carbonyl (C=O) groups excluding carboxylic acids is 2. The van der Waals surface area contributed by atoms with Gasteiger partial charge in [0.2, 0.25) is 21.8 Å². The van der Waals surface area contributed by atoms with Crippen LogP contribution in [0.3, 0.4) is 0 Å². The van der Waals surface area contributed by atoms with Gasteiger partial charge in [0, 0.05) is 37.5 Å². The van der Waals surface area contributed by atoms with E-state index in [1.165, 1.54) is 35.2 Å². The van der Waals surface area contributed by atoms with E-state index in [1.54, 1.807) is 18.2 Å². The first-order chi connectivity index (χ1) is 19.5. The maximum atomic E-state index is 14.7. The summed E-state index contributed by atoms with van der Waals surface area (Å²) in [6.45, 7) is 3.64. The fourth-order valence-corrected chi connectivity index (χ4v) is 5.38. The molecule has 0 fully saturated rings. The van der Waals surface area contributed by atoms with Crippen molar-refractivity contribution in [1.29, 1.82) is 0 Å². The summed E-state index contributed by atoms with van der Waals surface area (Å²) in [7, 11) is -3.72. The zero-order chi connectivity index (χ0) is 30.0. The average molecular weight is 586 g/mol. The first-order valence-corrected chi connectivity index (χ1v) is 15.4. The summed E-state index contributed by atoms with van der Waals surface area (Å²) >= 11 is 0. The number of nitrogens with zero attached hydrogens (tertiary/aromatic N) is 2. The average Bonchev–Trinajstić information content (AvgIpc) is 2.94. The van der Waals surface area contributed by atoms with Crippen LogP contribution in [0.15, 0.2) is 78.9 Å². The minimum atomic E-state index is -3.72. The lowest BCUT2D eigenvalue weighted by Gasteiger charge is -2.32. The van der Waals surface area contributed by atoms with E-state index in [-0.39, 0.29) is 55.6 Å². The number of carbonyl (C=O) groups is 2. The number of hydrogen-bond donors (Lipinski definition) is 1. The Morgan fingerprint density at radius 3 is 2.17 bits per heavy atom. The fraction of sp³-hybridized carbons (Fsp3) is 0.355. The van der Waals surface area contributed by atoms with Crippen molar-refractivity contribution in [2.24, 2.45) is 0 Å². The molecule has 0 heterocycles. The normalized spacial score (nSPS) is 12.8. The lowest BCUT2D eigenvalue weighted by Crippen LogP contribution is -2.52. The molecule has 10 heteroatoms. The molecule has 7 nitrogen and oxygen atoms in total. The minimum Gasteiger partial charge on any atom is -0.352 e. The Bertz CT molecular complexity index is 1400. The SMILES string of the molecule is CC[C@H](C)NC(=O)[C@@H](Cc1ccccc1)N(Cc1ccccc1F)C(=O)CCCN(c1ccc(F)cc1)S(C)(=O)=O. The second-order valence-electron chi connectivity index (χ2n) is 10.1. The summed E-state index contributed by atoms with van der Waals surface area (Å²) in [6, 6.07) is 19.3. The van der Waals surface area contributed by atoms with Crippen molar-refractivity contribution in [1.82, 2.24) is 10.2 Å². The van der Waals surface area contributed by atoms with Crippen molar-refractivity contribution in [2.45, 2.75) is 58.2 Å². The molecule has 3 aromatic rings. The second-order valence-corrected chi connectivity index (χ2v) is 12.0. The van der Waals surface area contributed by atoms with Crippen LogP contribution in [0.2, 0.25) is 0 Å². The van der Waals surface area contributed by atoms with Gasteiger partial charge in [-0.2, -0.15) is 0 Å². The zero-order valence-electron chi connectivity index (χ0n) is 23.6. The molecule has 0 saturated carbocycles. The topological polar surface area (TPSA) is 86.8 Å². The number of halogens is 2. The van der Waals surface area contributed by atoms with Gasteiger partial charge >= 0.3 is 0 Å². The Hall–Kier alpha value is -3.79. The van der Waals surface area contributed by atoms with Gasteiger partial charge in [-0.05, 0) is 55.7 Å². The van der Waals surface area contributed by atoms with E-state index in [2.05, 4.69) is 5.32 Å². The Morgan fingerprint density at radius 1 is 0.927 bits per heavy atom. The summed E-state index contributed by atoms with van der Waals surface area (Å²) in [6.07, 6.45) is 1.98. The van der Waals surface area contributed by atoms with Gasteiger partial charge in [-0.3, -0.25) is 13.9 Å². The molecule has 0 aliphatic heterocycles. The van der Waals surface area contributed by atoms with Gasteiger partial charge in [0.15, 0.2) is 0 Å². The summed E-state index contributed by atoms with van der Waals surface area (Å²) in [5.41, 5.74) is 1.38. The van der Waals surface area contributed by atoms with Crippen LogP contribution in [-0.2, 0) is 32.6 Å². The largest absolute Gasteiger partial charge is 0.352 e. The predicted octanol–water partition coefficient (Wildman–Crippen LogP) is 5.07. The van der Waals surface area contributed by atoms with Gasteiger partial charge in [-0.25, -0.2) is 17.2 Å². The van der Waals surface area contributed by atoms with E-state index in [4.69, 9.17) is 0 Å². The Labute approximate surface area is 241 Å². The Kier molecular flexibility index (Phi) is 11.4. The van der Waals surface area contributed by atoms with E-state index >= 15 is 0 Å². The molecular formula is C31H37F2N3O4S. The van der Waals surface area contributed by atoms with E-state index in [0.29, 0.717) is 6.42 Å². The van der Waals surface area contributed by atoms with Crippen LogP contribution in [0.25, 0.3) is 0 Å². The van der Waals surface area contributed by atoms with Crippen molar-refractivity contribution < 1.29 is 26.8 Å². The number of amides is 2. The molecule has 0 saturated heterocycles. The highest BCUT2D eigenvalue weighted by Crippen LogP contribution is 2.21. The number of nitrogens with one attached hydrogen (secondary N) is 1. The molecule has 0 radical (unpaired) electrons. The standard InChI is InChI=1S/C31H37F2N3O4S/c1-4-23(2)34-31(38)29(21-24-11-6-5-7-12-24)35(22-25-13-8-9-14-28(25)33)30(37)15-10-20-36(41(3,39)40)27-18-16-26(32)17-19-27/h5-9,11-14,16-19,23,29H,4,10,15,20-22H2,1-3H3,(H,34,38)/t23-,29+/m0/s1. The third-order valence-corrected chi connectivity index (χ3v) is 8.03. The van der Waals surface area contributed by atoms with Crippen molar-refractivity contribution >= 4 is 27.5 Å². The van der Waals surface area contributed by atoms with Gasteiger partial charge in [0.1, 0.15) is 17.7 Å². The van der Waals surface area contributed by atoms with Crippen LogP contribution in [0, 0.1) is 11.6 Å². The number of rotatable bonds is 14. The molecule has 3 aromatic carbocycles. The smallest absolute Gasteiger partial charge is 0.243 e. The fourth-order valence-electron chi connectivity index (χ4n) is 4.42. The van der Waals surface area contributed by atoms with Gasteiger partial charge < -0.3 is 10.2 Å². The van der Waals surface area contributed by atoms with E-state index in [1.807, 2.05) is 44.2 Å².